The van der Waals surface area contributed by atoms with Crippen LogP contribution in [0.5, 0.6) is 0 Å². The summed E-state index contributed by atoms with van der Waals surface area (Å²) in [6.45, 7) is 0. The van der Waals surface area contributed by atoms with E-state index >= 15 is 0 Å². The van der Waals surface area contributed by atoms with E-state index in [0.29, 0.717) is 0 Å². The monoisotopic (exact) mass is 185 g/mol. The third-order valence-electron chi connectivity index (χ3n) is 1.23. The molecule has 5 heteroatoms. The van der Waals surface area contributed by atoms with Crippen molar-refractivity contribution in [3.05, 3.63) is 24.0 Å². The van der Waals surface area contributed by atoms with Crippen LogP contribution in [0.15, 0.2) is 18.3 Å². The van der Waals surface area contributed by atoms with E-state index in [1.54, 1.807) is 6.07 Å². The minimum absolute atomic E-state index is 0.160. The zero-order chi connectivity index (χ0) is 9.19. The molecule has 0 aliphatic rings. The molecule has 0 N–H and O–H groups in total. The van der Waals surface area contributed by atoms with Gasteiger partial charge in [0.2, 0.25) is 0 Å². The fraction of sp³-hybridized carbons (Fsp3) is 0.286. The molecule has 0 atom stereocenters. The van der Waals surface area contributed by atoms with E-state index in [-0.39, 0.29) is 5.69 Å². The fourth-order valence-corrected chi connectivity index (χ4v) is 1.27. The van der Waals surface area contributed by atoms with Crippen molar-refractivity contribution in [3.8, 4) is 0 Å². The third-order valence-corrected chi connectivity index (χ3v) is 2.33. The Kier molecular flexibility index (Phi) is 2.32. The van der Waals surface area contributed by atoms with Gasteiger partial charge in [-0.1, -0.05) is 4.21 Å². The van der Waals surface area contributed by atoms with Gasteiger partial charge in [0, 0.05) is 6.20 Å². The lowest BCUT2D eigenvalue weighted by Gasteiger charge is -1.95. The highest BCUT2D eigenvalue weighted by atomic mass is 32.2. The molecule has 0 bridgehead atoms. The summed E-state index contributed by atoms with van der Waals surface area (Å²) in [4.78, 5) is 11.3. The molecule has 1 aromatic heterocycles. The number of hydrogen-bond donors (Lipinski definition) is 0. The zero-order valence-corrected chi connectivity index (χ0v) is 7.67. The molecule has 64 valence electrons. The summed E-state index contributed by atoms with van der Waals surface area (Å²) in [5, 5.41) is 6.64. The van der Waals surface area contributed by atoms with Gasteiger partial charge < -0.3 is 0 Å². The second kappa shape index (κ2) is 3.10. The van der Waals surface area contributed by atoms with Crippen molar-refractivity contribution in [3.63, 3.8) is 0 Å². The van der Waals surface area contributed by atoms with Gasteiger partial charge in [-0.2, -0.15) is 5.10 Å². The molecule has 0 spiro atoms. The molecular formula is C7H9N2O2S+. The molecule has 0 aromatic carbocycles. The van der Waals surface area contributed by atoms with Crippen molar-refractivity contribution in [2.45, 2.75) is 0 Å². The molecule has 0 saturated carbocycles. The van der Waals surface area contributed by atoms with Gasteiger partial charge in [-0.15, -0.1) is 5.10 Å². The first-order valence-corrected chi connectivity index (χ1v) is 5.65. The maximum Gasteiger partial charge on any atom is 0.384 e. The second-order valence-corrected chi connectivity index (χ2v) is 5.47. The molecule has 4 nitrogen and oxygen atoms in total. The molecule has 0 radical (unpaired) electrons. The Morgan fingerprint density at radius 2 is 2.17 bits per heavy atom. The molecular weight excluding hydrogens is 176 g/mol. The fourth-order valence-electron chi connectivity index (χ4n) is 0.662. The molecule has 0 amide bonds. The van der Waals surface area contributed by atoms with Crippen LogP contribution in [-0.4, -0.2) is 27.8 Å². The van der Waals surface area contributed by atoms with Crippen molar-refractivity contribution >= 4 is 15.0 Å². The number of rotatable bonds is 1. The summed E-state index contributed by atoms with van der Waals surface area (Å²) < 4.78 is 11.3. The van der Waals surface area contributed by atoms with Gasteiger partial charge in [-0.25, -0.2) is 4.79 Å². The predicted molar refractivity (Wildman–Crippen MR) is 46.3 cm³/mol. The van der Waals surface area contributed by atoms with E-state index in [0.717, 1.165) is 0 Å². The Labute approximate surface area is 71.4 Å². The van der Waals surface area contributed by atoms with Crippen LogP contribution in [0, 0.1) is 0 Å². The summed E-state index contributed by atoms with van der Waals surface area (Å²) in [6, 6.07) is 3.09. The van der Waals surface area contributed by atoms with Crippen molar-refractivity contribution < 1.29 is 9.00 Å². The standard InChI is InChI=1S/C7H9N2O2S/c1-12(2,11)7(10)6-4-3-5-8-9-6/h3-5H,1-2H3/q+1. The lowest BCUT2D eigenvalue weighted by molar-refractivity contribution is 0.107. The Bertz CT molecular complexity index is 331. The van der Waals surface area contributed by atoms with E-state index in [1.807, 2.05) is 0 Å². The van der Waals surface area contributed by atoms with Gasteiger partial charge in [-0.05, 0) is 12.1 Å². The summed E-state index contributed by atoms with van der Waals surface area (Å²) in [6.07, 6.45) is 4.25. The van der Waals surface area contributed by atoms with E-state index in [4.69, 9.17) is 0 Å². The average molecular weight is 185 g/mol. The van der Waals surface area contributed by atoms with E-state index in [2.05, 4.69) is 10.2 Å². The quantitative estimate of drug-likeness (QED) is 0.593. The molecule has 1 heterocycles. The van der Waals surface area contributed by atoms with Gasteiger partial charge >= 0.3 is 5.12 Å². The number of nitrogens with zero attached hydrogens (tertiary/aromatic N) is 2. The molecule has 0 aliphatic carbocycles. The van der Waals surface area contributed by atoms with E-state index < -0.39 is 15.0 Å². The van der Waals surface area contributed by atoms with Gasteiger partial charge in [0.05, 0.1) is 0 Å². The summed E-state index contributed by atoms with van der Waals surface area (Å²) in [7, 11) is -2.45. The maximum atomic E-state index is 11.3. The Balaban J connectivity index is 3.03. The summed E-state index contributed by atoms with van der Waals surface area (Å²) >= 11 is 0. The average Bonchev–Trinajstić information content (AvgIpc) is 2.03. The van der Waals surface area contributed by atoms with Crippen LogP contribution in [0.2, 0.25) is 0 Å². The Morgan fingerprint density at radius 3 is 2.58 bits per heavy atom. The van der Waals surface area contributed by atoms with E-state index in [9.17, 15) is 9.00 Å². The van der Waals surface area contributed by atoms with Crippen molar-refractivity contribution in [1.82, 2.24) is 10.2 Å². The van der Waals surface area contributed by atoms with Crippen molar-refractivity contribution in [2.24, 2.45) is 0 Å². The van der Waals surface area contributed by atoms with Crippen LogP contribution < -0.4 is 0 Å². The number of hydrogen-bond acceptors (Lipinski definition) is 4. The minimum atomic E-state index is -2.45. The van der Waals surface area contributed by atoms with Crippen LogP contribution in [0.25, 0.3) is 0 Å². The number of carbonyl (C=O) groups excluding carboxylic acids is 1. The number of carbonyl (C=O) groups is 1. The van der Waals surface area contributed by atoms with Crippen LogP contribution in [0.1, 0.15) is 10.5 Å². The lowest BCUT2D eigenvalue weighted by Crippen LogP contribution is -2.20. The van der Waals surface area contributed by atoms with E-state index in [1.165, 1.54) is 24.8 Å². The first-order chi connectivity index (χ1) is 5.52. The highest BCUT2D eigenvalue weighted by Crippen LogP contribution is 2.04. The highest BCUT2D eigenvalue weighted by Gasteiger charge is 2.29. The molecule has 0 aliphatic heterocycles. The second-order valence-electron chi connectivity index (χ2n) is 2.63. The van der Waals surface area contributed by atoms with Gasteiger partial charge in [0.1, 0.15) is 12.5 Å². The number of aromatic nitrogens is 2. The Hall–Kier alpha value is -1.10. The molecule has 1 aromatic rings. The molecule has 0 fully saturated rings. The van der Waals surface area contributed by atoms with Crippen molar-refractivity contribution in [1.29, 1.82) is 0 Å². The third kappa shape index (κ3) is 1.94. The summed E-state index contributed by atoms with van der Waals surface area (Å²) in [5.74, 6) is 0. The van der Waals surface area contributed by atoms with Crippen molar-refractivity contribution in [2.75, 3.05) is 12.5 Å². The van der Waals surface area contributed by atoms with Crippen LogP contribution in [-0.2, 0) is 14.1 Å². The minimum Gasteiger partial charge on any atom is -0.230 e. The van der Waals surface area contributed by atoms with Crippen LogP contribution in [0.3, 0.4) is 0 Å². The first kappa shape index (κ1) is 8.99. The largest absolute Gasteiger partial charge is 0.384 e. The summed E-state index contributed by atoms with van der Waals surface area (Å²) in [5.41, 5.74) is 0.160. The molecule has 12 heavy (non-hydrogen) atoms. The Morgan fingerprint density at radius 1 is 1.50 bits per heavy atom. The topological polar surface area (TPSA) is 59.9 Å². The predicted octanol–water partition coefficient (Wildman–Crippen LogP) is 0.376. The molecule has 0 unspecified atom stereocenters. The van der Waals surface area contributed by atoms with Gasteiger partial charge in [-0.3, -0.25) is 0 Å². The highest BCUT2D eigenvalue weighted by molar-refractivity contribution is 8.15. The van der Waals surface area contributed by atoms with Gasteiger partial charge in [0.25, 0.3) is 0 Å². The van der Waals surface area contributed by atoms with Gasteiger partial charge in [0.15, 0.2) is 15.6 Å². The normalized spacial score (nSPS) is 11.2. The molecule has 1 rings (SSSR count). The van der Waals surface area contributed by atoms with Crippen LogP contribution in [0.4, 0.5) is 0 Å². The lowest BCUT2D eigenvalue weighted by atomic mass is 10.4. The SMILES string of the molecule is C[S+](C)(=O)C(=O)c1cccnn1. The zero-order valence-electron chi connectivity index (χ0n) is 6.85. The van der Waals surface area contributed by atoms with Crippen LogP contribution >= 0.6 is 0 Å². The maximum absolute atomic E-state index is 11.3. The smallest absolute Gasteiger partial charge is 0.230 e. The first-order valence-electron chi connectivity index (χ1n) is 3.28. The molecule has 0 saturated heterocycles.